The minimum Gasteiger partial charge on any atom is -0.480 e. The number of sulfonamides is 1. The minimum absolute atomic E-state index is 0.0288. The van der Waals surface area contributed by atoms with Gasteiger partial charge in [-0.05, 0) is 35.7 Å². The van der Waals surface area contributed by atoms with Gasteiger partial charge in [-0.1, -0.05) is 32.0 Å². The van der Waals surface area contributed by atoms with Crippen LogP contribution >= 0.6 is 0 Å². The topological polar surface area (TPSA) is 92.7 Å². The number of carboxylic acid groups (broad SMARTS) is 1. The second kappa shape index (κ2) is 6.50. The van der Waals surface area contributed by atoms with E-state index in [0.29, 0.717) is 12.2 Å². The van der Waals surface area contributed by atoms with Gasteiger partial charge < -0.3 is 9.84 Å². The van der Waals surface area contributed by atoms with Crippen LogP contribution in [0.5, 0.6) is 11.5 Å². The Hall–Kier alpha value is -2.38. The first-order valence-corrected chi connectivity index (χ1v) is 9.40. The molecule has 7 heteroatoms. The molecule has 0 saturated carbocycles. The van der Waals surface area contributed by atoms with E-state index >= 15 is 0 Å². The fraction of sp³-hybridized carbons (Fsp3) is 0.278. The lowest BCUT2D eigenvalue weighted by Gasteiger charge is -2.22. The molecule has 0 unspecified atom stereocenters. The molecule has 0 radical (unpaired) electrons. The van der Waals surface area contributed by atoms with Crippen molar-refractivity contribution in [3.8, 4) is 11.5 Å². The van der Waals surface area contributed by atoms with Gasteiger partial charge in [-0.25, -0.2) is 8.42 Å². The van der Waals surface area contributed by atoms with Crippen molar-refractivity contribution in [1.29, 1.82) is 0 Å². The van der Waals surface area contributed by atoms with Crippen LogP contribution in [-0.4, -0.2) is 25.5 Å². The van der Waals surface area contributed by atoms with Crippen LogP contribution in [0.1, 0.15) is 25.0 Å². The third-order valence-electron chi connectivity index (χ3n) is 4.13. The second-order valence-corrected chi connectivity index (χ2v) is 8.05. The lowest BCUT2D eigenvalue weighted by Crippen LogP contribution is -2.44. The van der Waals surface area contributed by atoms with Crippen LogP contribution in [-0.2, 0) is 21.2 Å². The predicted octanol–water partition coefficient (Wildman–Crippen LogP) is 2.77. The zero-order valence-corrected chi connectivity index (χ0v) is 14.7. The van der Waals surface area contributed by atoms with Gasteiger partial charge in [0.2, 0.25) is 10.0 Å². The number of nitrogens with one attached hydrogen (secondary N) is 1. The number of benzene rings is 2. The summed E-state index contributed by atoms with van der Waals surface area (Å²) in [5, 5.41) is 9.21. The Bertz CT molecular complexity index is 921. The molecule has 2 aromatic rings. The first kappa shape index (κ1) is 17.4. The smallest absolute Gasteiger partial charge is 0.322 e. The zero-order chi connectivity index (χ0) is 18.2. The zero-order valence-electron chi connectivity index (χ0n) is 13.9. The van der Waals surface area contributed by atoms with E-state index in [9.17, 15) is 18.3 Å². The number of ether oxygens (including phenoxy) is 1. The molecule has 0 aromatic heterocycles. The highest BCUT2D eigenvalue weighted by Crippen LogP contribution is 2.37. The van der Waals surface area contributed by atoms with Crippen molar-refractivity contribution < 1.29 is 23.1 Å². The van der Waals surface area contributed by atoms with Gasteiger partial charge in [0.1, 0.15) is 17.5 Å². The number of carbonyl (C=O) groups is 1. The highest BCUT2D eigenvalue weighted by Gasteiger charge is 2.29. The summed E-state index contributed by atoms with van der Waals surface area (Å²) < 4.78 is 33.2. The Morgan fingerprint density at radius 1 is 1.12 bits per heavy atom. The number of hydrogen-bond acceptors (Lipinski definition) is 4. The summed E-state index contributed by atoms with van der Waals surface area (Å²) in [5.74, 6) is -0.209. The van der Waals surface area contributed by atoms with Crippen molar-refractivity contribution in [1.82, 2.24) is 4.72 Å². The second-order valence-electron chi connectivity index (χ2n) is 6.34. The summed E-state index contributed by atoms with van der Waals surface area (Å²) in [4.78, 5) is 11.3. The summed E-state index contributed by atoms with van der Waals surface area (Å²) in [6, 6.07) is 11.0. The van der Waals surface area contributed by atoms with E-state index in [1.165, 1.54) is 12.1 Å². The maximum atomic E-state index is 12.6. The summed E-state index contributed by atoms with van der Waals surface area (Å²) in [6.07, 6.45) is 0.557. The van der Waals surface area contributed by atoms with Gasteiger partial charge in [-0.3, -0.25) is 4.79 Å². The molecule has 2 aromatic carbocycles. The van der Waals surface area contributed by atoms with Crippen molar-refractivity contribution in [3.05, 3.63) is 53.6 Å². The molecule has 1 aliphatic rings. The van der Waals surface area contributed by atoms with Gasteiger partial charge in [0.25, 0.3) is 0 Å². The van der Waals surface area contributed by atoms with E-state index in [0.717, 1.165) is 16.9 Å². The molecule has 0 amide bonds. The number of fused-ring (bicyclic) bond motifs is 2. The average molecular weight is 361 g/mol. The Morgan fingerprint density at radius 3 is 2.48 bits per heavy atom. The molecular formula is C18H19NO5S. The van der Waals surface area contributed by atoms with Crippen molar-refractivity contribution in [2.75, 3.05) is 0 Å². The molecule has 0 bridgehead atoms. The standard InChI is InChI=1S/C18H19NO5S/c1-11(2)17(18(20)21)19-25(22,23)14-7-8-16-13(10-14)9-12-5-3-4-6-15(12)24-16/h3-8,10-11,17,19H,9H2,1-2H3,(H,20,21)/t17-/m0/s1. The van der Waals surface area contributed by atoms with Crippen molar-refractivity contribution >= 4 is 16.0 Å². The molecule has 1 atom stereocenters. The Kier molecular flexibility index (Phi) is 4.53. The van der Waals surface area contributed by atoms with Gasteiger partial charge in [0.05, 0.1) is 4.90 Å². The van der Waals surface area contributed by atoms with Crippen LogP contribution in [0.3, 0.4) is 0 Å². The van der Waals surface area contributed by atoms with Crippen LogP contribution in [0.2, 0.25) is 0 Å². The highest BCUT2D eigenvalue weighted by atomic mass is 32.2. The lowest BCUT2D eigenvalue weighted by atomic mass is 10.0. The predicted molar refractivity (Wildman–Crippen MR) is 92.3 cm³/mol. The number of hydrogen-bond donors (Lipinski definition) is 2. The van der Waals surface area contributed by atoms with Crippen molar-refractivity contribution in [3.63, 3.8) is 0 Å². The molecule has 0 saturated heterocycles. The number of aliphatic carboxylic acids is 1. The molecule has 3 rings (SSSR count). The maximum absolute atomic E-state index is 12.6. The van der Waals surface area contributed by atoms with E-state index in [4.69, 9.17) is 4.74 Å². The molecule has 132 valence electrons. The molecule has 1 heterocycles. The molecule has 6 nitrogen and oxygen atoms in total. The van der Waals surface area contributed by atoms with E-state index in [-0.39, 0.29) is 10.8 Å². The van der Waals surface area contributed by atoms with Crippen LogP contribution in [0.25, 0.3) is 0 Å². The molecule has 25 heavy (non-hydrogen) atoms. The van der Waals surface area contributed by atoms with E-state index in [2.05, 4.69) is 4.72 Å². The van der Waals surface area contributed by atoms with Crippen molar-refractivity contribution in [2.45, 2.75) is 31.2 Å². The van der Waals surface area contributed by atoms with Gasteiger partial charge in [-0.15, -0.1) is 0 Å². The van der Waals surface area contributed by atoms with Gasteiger partial charge >= 0.3 is 5.97 Å². The fourth-order valence-electron chi connectivity index (χ4n) is 2.74. The largest absolute Gasteiger partial charge is 0.480 e. The first-order valence-electron chi connectivity index (χ1n) is 7.92. The Labute approximate surface area is 146 Å². The van der Waals surface area contributed by atoms with Crippen molar-refractivity contribution in [2.24, 2.45) is 5.92 Å². The van der Waals surface area contributed by atoms with Gasteiger partial charge in [0.15, 0.2) is 0 Å². The minimum atomic E-state index is -3.95. The Morgan fingerprint density at radius 2 is 1.80 bits per heavy atom. The summed E-state index contributed by atoms with van der Waals surface area (Å²) in [7, 11) is -3.95. The molecular weight excluding hydrogens is 342 g/mol. The SMILES string of the molecule is CC(C)[C@H](NS(=O)(=O)c1ccc2c(c1)Cc1ccccc1O2)C(=O)O. The summed E-state index contributed by atoms with van der Waals surface area (Å²) in [6.45, 7) is 3.30. The van der Waals surface area contributed by atoms with Crippen LogP contribution in [0, 0.1) is 5.92 Å². The van der Waals surface area contributed by atoms with E-state index in [1.807, 2.05) is 24.3 Å². The van der Waals surface area contributed by atoms with Crippen LogP contribution in [0.15, 0.2) is 47.4 Å². The third kappa shape index (κ3) is 3.52. The summed E-state index contributed by atoms with van der Waals surface area (Å²) in [5.41, 5.74) is 1.72. The molecule has 0 fully saturated rings. The number of carboxylic acids is 1. The van der Waals surface area contributed by atoms with Gasteiger partial charge in [-0.2, -0.15) is 4.72 Å². The third-order valence-corrected chi connectivity index (χ3v) is 5.57. The van der Waals surface area contributed by atoms with Gasteiger partial charge in [0, 0.05) is 12.0 Å². The maximum Gasteiger partial charge on any atom is 0.322 e. The molecule has 1 aliphatic heterocycles. The normalized spacial score (nSPS) is 14.4. The fourth-order valence-corrected chi connectivity index (χ4v) is 4.13. The monoisotopic (exact) mass is 361 g/mol. The quantitative estimate of drug-likeness (QED) is 0.729. The van der Waals surface area contributed by atoms with E-state index < -0.39 is 22.0 Å². The van der Waals surface area contributed by atoms with Crippen LogP contribution in [0.4, 0.5) is 0 Å². The Balaban J connectivity index is 1.91. The first-order chi connectivity index (χ1) is 11.8. The lowest BCUT2D eigenvalue weighted by molar-refractivity contribution is -0.140. The summed E-state index contributed by atoms with van der Waals surface area (Å²) >= 11 is 0. The number of para-hydroxylation sites is 1. The van der Waals surface area contributed by atoms with E-state index in [1.54, 1.807) is 19.9 Å². The molecule has 0 spiro atoms. The molecule has 0 aliphatic carbocycles. The highest BCUT2D eigenvalue weighted by molar-refractivity contribution is 7.89. The van der Waals surface area contributed by atoms with Crippen LogP contribution < -0.4 is 9.46 Å². The number of rotatable bonds is 5. The molecule has 2 N–H and O–H groups in total. The average Bonchev–Trinajstić information content (AvgIpc) is 2.56.